The lowest BCUT2D eigenvalue weighted by Gasteiger charge is -2.33. The van der Waals surface area contributed by atoms with Crippen LogP contribution in [-0.4, -0.2) is 60.4 Å². The van der Waals surface area contributed by atoms with Crippen LogP contribution in [0.25, 0.3) is 6.08 Å². The van der Waals surface area contributed by atoms with E-state index in [2.05, 4.69) is 16.3 Å². The van der Waals surface area contributed by atoms with Gasteiger partial charge in [-0.1, -0.05) is 0 Å². The van der Waals surface area contributed by atoms with Crippen LogP contribution in [0.3, 0.4) is 0 Å². The number of nitrogens with one attached hydrogen (secondary N) is 1. The summed E-state index contributed by atoms with van der Waals surface area (Å²) in [7, 11) is 0. The molecule has 2 aliphatic rings. The van der Waals surface area contributed by atoms with E-state index in [4.69, 9.17) is 0 Å². The second-order valence-electron chi connectivity index (χ2n) is 6.24. The van der Waals surface area contributed by atoms with Crippen LogP contribution in [0, 0.1) is 6.92 Å². The van der Waals surface area contributed by atoms with E-state index in [0.717, 1.165) is 30.8 Å². The van der Waals surface area contributed by atoms with Gasteiger partial charge in [0.1, 0.15) is 0 Å². The molecule has 0 radical (unpaired) electrons. The van der Waals surface area contributed by atoms with E-state index < -0.39 is 0 Å². The highest BCUT2D eigenvalue weighted by Crippen LogP contribution is 2.18. The number of carbonyl (C=O) groups is 2. The molecule has 1 aromatic heterocycles. The summed E-state index contributed by atoms with van der Waals surface area (Å²) in [6, 6.07) is 2.47. The number of hydrogen-bond acceptors (Lipinski definition) is 4. The first kappa shape index (κ1) is 16.2. The average Bonchev–Trinajstić information content (AvgIpc) is 3.25. The molecule has 1 aliphatic carbocycles. The molecule has 0 bridgehead atoms. The number of carbonyl (C=O) groups excluding carboxylic acids is 2. The summed E-state index contributed by atoms with van der Waals surface area (Å²) in [5, 5.41) is 5.04. The Balaban J connectivity index is 1.42. The number of thiophene rings is 1. The van der Waals surface area contributed by atoms with Crippen molar-refractivity contribution in [2.24, 2.45) is 0 Å². The second-order valence-corrected chi connectivity index (χ2v) is 7.19. The van der Waals surface area contributed by atoms with E-state index >= 15 is 0 Å². The normalized spacial score (nSPS) is 19.3. The monoisotopic (exact) mass is 333 g/mol. The van der Waals surface area contributed by atoms with Gasteiger partial charge in [0.2, 0.25) is 11.8 Å². The van der Waals surface area contributed by atoms with Crippen molar-refractivity contribution < 1.29 is 9.59 Å². The summed E-state index contributed by atoms with van der Waals surface area (Å²) in [5.74, 6) is 0.167. The van der Waals surface area contributed by atoms with E-state index in [1.54, 1.807) is 17.4 Å². The average molecular weight is 333 g/mol. The van der Waals surface area contributed by atoms with Crippen molar-refractivity contribution in [2.75, 3.05) is 32.7 Å². The lowest BCUT2D eigenvalue weighted by atomic mass is 10.2. The molecule has 23 heavy (non-hydrogen) atoms. The molecule has 2 heterocycles. The van der Waals surface area contributed by atoms with Crippen LogP contribution >= 0.6 is 11.3 Å². The highest BCUT2D eigenvalue weighted by Gasteiger charge is 2.25. The fourth-order valence-electron chi connectivity index (χ4n) is 2.64. The summed E-state index contributed by atoms with van der Waals surface area (Å²) in [5.41, 5.74) is 1.20. The molecule has 0 atom stereocenters. The molecular formula is C17H23N3O2S. The smallest absolute Gasteiger partial charge is 0.246 e. The molecule has 0 spiro atoms. The molecule has 0 unspecified atom stereocenters. The highest BCUT2D eigenvalue weighted by atomic mass is 32.1. The molecule has 2 fully saturated rings. The predicted molar refractivity (Wildman–Crippen MR) is 92.3 cm³/mol. The first-order valence-corrected chi connectivity index (χ1v) is 9.02. The van der Waals surface area contributed by atoms with Gasteiger partial charge in [0, 0.05) is 43.2 Å². The van der Waals surface area contributed by atoms with Crippen LogP contribution < -0.4 is 5.32 Å². The van der Waals surface area contributed by atoms with Gasteiger partial charge in [0.25, 0.3) is 0 Å². The lowest BCUT2D eigenvalue weighted by molar-refractivity contribution is -0.128. The van der Waals surface area contributed by atoms with Crippen molar-refractivity contribution in [1.82, 2.24) is 15.1 Å². The van der Waals surface area contributed by atoms with Crippen molar-refractivity contribution >= 4 is 29.2 Å². The van der Waals surface area contributed by atoms with E-state index in [-0.39, 0.29) is 11.8 Å². The Bertz CT molecular complexity index is 599. The Hall–Kier alpha value is -1.66. The molecule has 1 aromatic rings. The summed E-state index contributed by atoms with van der Waals surface area (Å²) in [6.45, 7) is 5.38. The third-order valence-electron chi connectivity index (χ3n) is 4.27. The SMILES string of the molecule is Cc1ccsc1C=CC(=O)N1CCN(CC(=O)NC2CC2)CC1. The van der Waals surface area contributed by atoms with Gasteiger partial charge in [-0.05, 0) is 42.9 Å². The van der Waals surface area contributed by atoms with Gasteiger partial charge >= 0.3 is 0 Å². The molecule has 1 aliphatic heterocycles. The Morgan fingerprint density at radius 1 is 1.30 bits per heavy atom. The van der Waals surface area contributed by atoms with Gasteiger partial charge in [-0.3, -0.25) is 14.5 Å². The molecular weight excluding hydrogens is 310 g/mol. The fourth-order valence-corrected chi connectivity index (χ4v) is 3.46. The topological polar surface area (TPSA) is 52.7 Å². The van der Waals surface area contributed by atoms with Gasteiger partial charge in [0.05, 0.1) is 6.54 Å². The third kappa shape index (κ3) is 4.65. The molecule has 1 saturated heterocycles. The molecule has 2 amide bonds. The van der Waals surface area contributed by atoms with Crippen LogP contribution in [0.2, 0.25) is 0 Å². The molecule has 1 N–H and O–H groups in total. The highest BCUT2D eigenvalue weighted by molar-refractivity contribution is 7.11. The van der Waals surface area contributed by atoms with Gasteiger partial charge in [0.15, 0.2) is 0 Å². The predicted octanol–water partition coefficient (Wildman–Crippen LogP) is 1.49. The third-order valence-corrected chi connectivity index (χ3v) is 5.26. The van der Waals surface area contributed by atoms with Crippen LogP contribution in [0.15, 0.2) is 17.5 Å². The van der Waals surface area contributed by atoms with Gasteiger partial charge in [-0.25, -0.2) is 0 Å². The van der Waals surface area contributed by atoms with E-state index in [1.165, 1.54) is 5.56 Å². The quantitative estimate of drug-likeness (QED) is 0.831. The first-order chi connectivity index (χ1) is 11.1. The summed E-state index contributed by atoms with van der Waals surface area (Å²) >= 11 is 1.65. The number of aryl methyl sites for hydroxylation is 1. The van der Waals surface area contributed by atoms with Crippen molar-refractivity contribution in [2.45, 2.75) is 25.8 Å². The number of piperazine rings is 1. The Morgan fingerprint density at radius 3 is 2.65 bits per heavy atom. The number of nitrogens with zero attached hydrogens (tertiary/aromatic N) is 2. The minimum absolute atomic E-state index is 0.0554. The van der Waals surface area contributed by atoms with E-state index in [9.17, 15) is 9.59 Å². The Labute approximate surface area is 141 Å². The molecule has 124 valence electrons. The van der Waals surface area contributed by atoms with Gasteiger partial charge in [-0.2, -0.15) is 0 Å². The van der Waals surface area contributed by atoms with Gasteiger partial charge in [-0.15, -0.1) is 11.3 Å². The van der Waals surface area contributed by atoms with Crippen molar-refractivity contribution in [3.63, 3.8) is 0 Å². The molecule has 5 nitrogen and oxygen atoms in total. The second kappa shape index (κ2) is 7.27. The van der Waals surface area contributed by atoms with Crippen LogP contribution in [0.4, 0.5) is 0 Å². The maximum Gasteiger partial charge on any atom is 0.246 e. The van der Waals surface area contributed by atoms with Crippen LogP contribution in [0.5, 0.6) is 0 Å². The zero-order chi connectivity index (χ0) is 16.2. The lowest BCUT2D eigenvalue weighted by Crippen LogP contribution is -2.51. The maximum absolute atomic E-state index is 12.2. The number of amides is 2. The first-order valence-electron chi connectivity index (χ1n) is 8.14. The summed E-state index contributed by atoms with van der Waals surface area (Å²) in [4.78, 5) is 29.1. The number of rotatable bonds is 5. The molecule has 1 saturated carbocycles. The van der Waals surface area contributed by atoms with Crippen LogP contribution in [0.1, 0.15) is 23.3 Å². The zero-order valence-corrected chi connectivity index (χ0v) is 14.3. The number of hydrogen-bond donors (Lipinski definition) is 1. The molecule has 0 aromatic carbocycles. The van der Waals surface area contributed by atoms with Crippen molar-refractivity contribution in [3.8, 4) is 0 Å². The summed E-state index contributed by atoms with van der Waals surface area (Å²) in [6.07, 6.45) is 5.79. The largest absolute Gasteiger partial charge is 0.352 e. The van der Waals surface area contributed by atoms with Crippen molar-refractivity contribution in [3.05, 3.63) is 28.0 Å². The standard InChI is InChI=1S/C17H23N3O2S/c1-13-6-11-23-15(13)4-5-17(22)20-9-7-19(8-10-20)12-16(21)18-14-2-3-14/h4-6,11,14H,2-3,7-10,12H2,1H3,(H,18,21). The molecule has 3 rings (SSSR count). The van der Waals surface area contributed by atoms with Crippen molar-refractivity contribution in [1.29, 1.82) is 0 Å². The zero-order valence-electron chi connectivity index (χ0n) is 13.5. The van der Waals surface area contributed by atoms with Crippen LogP contribution in [-0.2, 0) is 9.59 Å². The maximum atomic E-state index is 12.2. The van der Waals surface area contributed by atoms with E-state index in [0.29, 0.717) is 25.7 Å². The minimum atomic E-state index is 0.0554. The summed E-state index contributed by atoms with van der Waals surface area (Å²) < 4.78 is 0. The minimum Gasteiger partial charge on any atom is -0.352 e. The van der Waals surface area contributed by atoms with Gasteiger partial charge < -0.3 is 10.2 Å². The fraction of sp³-hybridized carbons (Fsp3) is 0.529. The Kier molecular flexibility index (Phi) is 5.13. The Morgan fingerprint density at radius 2 is 2.04 bits per heavy atom. The van der Waals surface area contributed by atoms with E-state index in [1.807, 2.05) is 23.3 Å². The molecule has 6 heteroatoms.